The van der Waals surface area contributed by atoms with Crippen LogP contribution in [0.5, 0.6) is 0 Å². The highest BCUT2D eigenvalue weighted by molar-refractivity contribution is 5.21. The molecule has 2 nitrogen and oxygen atoms in total. The first kappa shape index (κ1) is 9.47. The Kier molecular flexibility index (Phi) is 1.81. The Labute approximate surface area is 80.3 Å². The molecule has 1 heterocycles. The van der Waals surface area contributed by atoms with Crippen LogP contribution < -0.4 is 0 Å². The number of ether oxygens (including phenoxy) is 1. The molecule has 2 unspecified atom stereocenters. The van der Waals surface area contributed by atoms with E-state index in [1.165, 1.54) is 12.8 Å². The van der Waals surface area contributed by atoms with E-state index in [2.05, 4.69) is 20.8 Å². The lowest BCUT2D eigenvalue weighted by molar-refractivity contribution is 0.0918. The molecule has 0 aromatic rings. The SMILES string of the molecule is CC1(C)CCCC2(C)OC12CCO. The third kappa shape index (κ3) is 1.02. The van der Waals surface area contributed by atoms with Gasteiger partial charge in [0.25, 0.3) is 0 Å². The largest absolute Gasteiger partial charge is 0.396 e. The fraction of sp³-hybridized carbons (Fsp3) is 1.00. The van der Waals surface area contributed by atoms with E-state index in [9.17, 15) is 0 Å². The van der Waals surface area contributed by atoms with E-state index >= 15 is 0 Å². The summed E-state index contributed by atoms with van der Waals surface area (Å²) in [6, 6.07) is 0. The molecule has 0 spiro atoms. The van der Waals surface area contributed by atoms with Crippen LogP contribution in [-0.2, 0) is 4.74 Å². The predicted molar refractivity (Wildman–Crippen MR) is 51.6 cm³/mol. The van der Waals surface area contributed by atoms with Gasteiger partial charge in [-0.3, -0.25) is 0 Å². The number of epoxide rings is 1. The maximum Gasteiger partial charge on any atom is 0.105 e. The second kappa shape index (κ2) is 2.48. The Bertz CT molecular complexity index is 220. The van der Waals surface area contributed by atoms with Crippen molar-refractivity contribution in [2.24, 2.45) is 5.41 Å². The van der Waals surface area contributed by atoms with Gasteiger partial charge in [0.15, 0.2) is 0 Å². The molecule has 2 heteroatoms. The van der Waals surface area contributed by atoms with E-state index < -0.39 is 0 Å². The van der Waals surface area contributed by atoms with Gasteiger partial charge < -0.3 is 9.84 Å². The normalized spacial score (nSPS) is 47.1. The van der Waals surface area contributed by atoms with Crippen molar-refractivity contribution in [3.8, 4) is 0 Å². The first-order chi connectivity index (χ1) is 5.97. The minimum Gasteiger partial charge on any atom is -0.396 e. The number of rotatable bonds is 2. The molecule has 2 aliphatic rings. The number of hydrogen-bond donors (Lipinski definition) is 1. The summed E-state index contributed by atoms with van der Waals surface area (Å²) in [7, 11) is 0. The van der Waals surface area contributed by atoms with Gasteiger partial charge in [-0.1, -0.05) is 13.8 Å². The van der Waals surface area contributed by atoms with Crippen molar-refractivity contribution in [2.75, 3.05) is 6.61 Å². The molecule has 2 rings (SSSR count). The molecule has 0 aromatic heterocycles. The molecule has 0 bridgehead atoms. The summed E-state index contributed by atoms with van der Waals surface area (Å²) >= 11 is 0. The average Bonchev–Trinajstić information content (AvgIpc) is 2.58. The van der Waals surface area contributed by atoms with E-state index in [0.29, 0.717) is 0 Å². The molecule has 13 heavy (non-hydrogen) atoms. The van der Waals surface area contributed by atoms with Crippen molar-refractivity contribution in [1.29, 1.82) is 0 Å². The maximum absolute atomic E-state index is 9.08. The average molecular weight is 184 g/mol. The molecule has 1 N–H and O–H groups in total. The molecule has 1 aliphatic carbocycles. The van der Waals surface area contributed by atoms with Gasteiger partial charge in [-0.25, -0.2) is 0 Å². The molecule has 2 fully saturated rings. The summed E-state index contributed by atoms with van der Waals surface area (Å²) in [5, 5.41) is 9.08. The van der Waals surface area contributed by atoms with Crippen LogP contribution >= 0.6 is 0 Å². The highest BCUT2D eigenvalue weighted by atomic mass is 16.6. The van der Waals surface area contributed by atoms with Gasteiger partial charge in [0.2, 0.25) is 0 Å². The van der Waals surface area contributed by atoms with Crippen molar-refractivity contribution in [3.63, 3.8) is 0 Å². The number of hydrogen-bond acceptors (Lipinski definition) is 2. The zero-order valence-corrected chi connectivity index (χ0v) is 8.89. The van der Waals surface area contributed by atoms with Crippen LogP contribution in [0.2, 0.25) is 0 Å². The van der Waals surface area contributed by atoms with Gasteiger partial charge in [-0.05, 0) is 31.6 Å². The Morgan fingerprint density at radius 3 is 2.46 bits per heavy atom. The minimum atomic E-state index is -0.0208. The van der Waals surface area contributed by atoms with Crippen LogP contribution in [0.1, 0.15) is 46.5 Å². The molecular weight excluding hydrogens is 164 g/mol. The fourth-order valence-corrected chi connectivity index (χ4v) is 3.35. The number of aliphatic hydroxyl groups excluding tert-OH is 1. The third-order valence-corrected chi connectivity index (χ3v) is 4.22. The third-order valence-electron chi connectivity index (χ3n) is 4.22. The van der Waals surface area contributed by atoms with E-state index in [1.807, 2.05) is 0 Å². The van der Waals surface area contributed by atoms with Crippen molar-refractivity contribution < 1.29 is 9.84 Å². The van der Waals surface area contributed by atoms with Crippen molar-refractivity contribution in [2.45, 2.75) is 57.7 Å². The Morgan fingerprint density at radius 1 is 1.23 bits per heavy atom. The summed E-state index contributed by atoms with van der Waals surface area (Å²) in [6.07, 6.45) is 4.45. The fourth-order valence-electron chi connectivity index (χ4n) is 3.35. The molecule has 0 radical (unpaired) electrons. The lowest BCUT2D eigenvalue weighted by Crippen LogP contribution is -2.43. The molecule has 1 saturated heterocycles. The molecule has 1 aliphatic heterocycles. The van der Waals surface area contributed by atoms with Crippen LogP contribution in [0.3, 0.4) is 0 Å². The van der Waals surface area contributed by atoms with Crippen LogP contribution in [0.15, 0.2) is 0 Å². The quantitative estimate of drug-likeness (QED) is 0.667. The van der Waals surface area contributed by atoms with Crippen molar-refractivity contribution >= 4 is 0 Å². The Morgan fingerprint density at radius 2 is 1.92 bits per heavy atom. The summed E-state index contributed by atoms with van der Waals surface area (Å²) in [4.78, 5) is 0. The van der Waals surface area contributed by atoms with E-state index in [-0.39, 0.29) is 23.2 Å². The smallest absolute Gasteiger partial charge is 0.105 e. The van der Waals surface area contributed by atoms with Crippen molar-refractivity contribution in [1.82, 2.24) is 0 Å². The first-order valence-corrected chi connectivity index (χ1v) is 5.29. The predicted octanol–water partition coefficient (Wildman–Crippen LogP) is 2.11. The zero-order valence-electron chi connectivity index (χ0n) is 8.89. The first-order valence-electron chi connectivity index (χ1n) is 5.29. The molecule has 2 atom stereocenters. The summed E-state index contributed by atoms with van der Waals surface area (Å²) < 4.78 is 5.95. The Hall–Kier alpha value is -0.0800. The van der Waals surface area contributed by atoms with Gasteiger partial charge in [-0.2, -0.15) is 0 Å². The standard InChI is InChI=1S/C11H20O2/c1-9(2)5-4-6-10(3)11(9,13-10)7-8-12/h12H,4-8H2,1-3H3. The summed E-state index contributed by atoms with van der Waals surface area (Å²) in [5.41, 5.74) is 0.285. The van der Waals surface area contributed by atoms with E-state index in [0.717, 1.165) is 12.8 Å². The monoisotopic (exact) mass is 184 g/mol. The molecule has 0 aromatic carbocycles. The highest BCUT2D eigenvalue weighted by Gasteiger charge is 2.73. The number of fused-ring (bicyclic) bond motifs is 1. The topological polar surface area (TPSA) is 32.8 Å². The maximum atomic E-state index is 9.08. The molecular formula is C11H20O2. The lowest BCUT2D eigenvalue weighted by Gasteiger charge is -2.38. The summed E-state index contributed by atoms with van der Waals surface area (Å²) in [5.74, 6) is 0. The van der Waals surface area contributed by atoms with E-state index in [1.54, 1.807) is 0 Å². The lowest BCUT2D eigenvalue weighted by atomic mass is 9.63. The van der Waals surface area contributed by atoms with Crippen LogP contribution in [0, 0.1) is 5.41 Å². The molecule has 0 amide bonds. The molecule has 1 saturated carbocycles. The van der Waals surface area contributed by atoms with Crippen LogP contribution in [-0.4, -0.2) is 22.9 Å². The van der Waals surface area contributed by atoms with Crippen LogP contribution in [0.25, 0.3) is 0 Å². The van der Waals surface area contributed by atoms with Gasteiger partial charge in [0.05, 0.1) is 5.60 Å². The zero-order chi connectivity index (χ0) is 9.74. The number of aliphatic hydroxyl groups is 1. The minimum absolute atomic E-state index is 0.0208. The van der Waals surface area contributed by atoms with Crippen molar-refractivity contribution in [3.05, 3.63) is 0 Å². The van der Waals surface area contributed by atoms with Gasteiger partial charge in [0.1, 0.15) is 5.60 Å². The second-order valence-electron chi connectivity index (χ2n) is 5.37. The van der Waals surface area contributed by atoms with E-state index in [4.69, 9.17) is 9.84 Å². The van der Waals surface area contributed by atoms with Gasteiger partial charge in [0, 0.05) is 13.0 Å². The second-order valence-corrected chi connectivity index (χ2v) is 5.37. The van der Waals surface area contributed by atoms with Gasteiger partial charge >= 0.3 is 0 Å². The molecule has 76 valence electrons. The van der Waals surface area contributed by atoms with Gasteiger partial charge in [-0.15, -0.1) is 0 Å². The summed E-state index contributed by atoms with van der Waals surface area (Å²) in [6.45, 7) is 6.99. The van der Waals surface area contributed by atoms with Crippen LogP contribution in [0.4, 0.5) is 0 Å². The highest BCUT2D eigenvalue weighted by Crippen LogP contribution is 2.66. The Balaban J connectivity index is 2.24.